The number of benzene rings is 1. The molecule has 7 heteroatoms. The van der Waals surface area contributed by atoms with Crippen molar-refractivity contribution >= 4 is 17.2 Å². The second-order valence-corrected chi connectivity index (χ2v) is 7.06. The number of halogens is 2. The van der Waals surface area contributed by atoms with E-state index in [-0.39, 0.29) is 17.4 Å². The minimum atomic E-state index is -2.92. The highest BCUT2D eigenvalue weighted by molar-refractivity contribution is 7.14. The molecule has 0 aliphatic carbocycles. The van der Waals surface area contributed by atoms with Crippen LogP contribution in [0.4, 0.5) is 8.78 Å². The number of carbonyl (C=O) groups is 1. The lowest BCUT2D eigenvalue weighted by atomic mass is 10.1. The van der Waals surface area contributed by atoms with Gasteiger partial charge in [-0.2, -0.15) is 8.78 Å². The third-order valence-corrected chi connectivity index (χ3v) is 4.98. The van der Waals surface area contributed by atoms with Crippen LogP contribution in [0.25, 0.3) is 0 Å². The number of thiophene rings is 1. The van der Waals surface area contributed by atoms with Gasteiger partial charge in [-0.05, 0) is 49.6 Å². The molecule has 1 heterocycles. The number of ether oxygens (including phenoxy) is 2. The van der Waals surface area contributed by atoms with Gasteiger partial charge < -0.3 is 14.4 Å². The van der Waals surface area contributed by atoms with Crippen LogP contribution in [0.2, 0.25) is 0 Å². The third-order valence-electron chi connectivity index (χ3n) is 3.90. The van der Waals surface area contributed by atoms with Crippen LogP contribution < -0.4 is 9.47 Å². The van der Waals surface area contributed by atoms with E-state index in [4.69, 9.17) is 4.74 Å². The fraction of sp³-hybridized carbons (Fsp3) is 0.421. The Balaban J connectivity index is 2.15. The maximum atomic E-state index is 12.6. The third kappa shape index (κ3) is 4.94. The summed E-state index contributed by atoms with van der Waals surface area (Å²) in [4.78, 5) is 16.1. The molecule has 0 aliphatic heterocycles. The zero-order valence-corrected chi connectivity index (χ0v) is 16.2. The van der Waals surface area contributed by atoms with Gasteiger partial charge in [-0.25, -0.2) is 0 Å². The van der Waals surface area contributed by atoms with E-state index < -0.39 is 6.61 Å². The first kappa shape index (κ1) is 20.2. The Morgan fingerprint density at radius 3 is 2.54 bits per heavy atom. The summed E-state index contributed by atoms with van der Waals surface area (Å²) in [6, 6.07) is 6.66. The Morgan fingerprint density at radius 2 is 1.96 bits per heavy atom. The quantitative estimate of drug-likeness (QED) is 0.651. The van der Waals surface area contributed by atoms with E-state index in [2.05, 4.69) is 11.7 Å². The van der Waals surface area contributed by atoms with E-state index >= 15 is 0 Å². The van der Waals surface area contributed by atoms with Gasteiger partial charge >= 0.3 is 6.61 Å². The standard InChI is InChI=1S/C19H23F2NO3S/c1-5-14-10-17(26-12(14)3)18(23)22(4)11-13-7-8-15(25-19(20)21)16(9-13)24-6-2/h7-10,19H,5-6,11H2,1-4H3. The van der Waals surface area contributed by atoms with Crippen LogP contribution in [0.1, 0.15) is 39.5 Å². The molecular weight excluding hydrogens is 360 g/mol. The maximum absolute atomic E-state index is 12.6. The normalized spacial score (nSPS) is 10.9. The van der Waals surface area contributed by atoms with E-state index in [0.717, 1.165) is 16.9 Å². The average molecular weight is 383 g/mol. The molecule has 26 heavy (non-hydrogen) atoms. The van der Waals surface area contributed by atoms with Gasteiger partial charge in [-0.3, -0.25) is 4.79 Å². The molecule has 0 N–H and O–H groups in total. The predicted molar refractivity (Wildman–Crippen MR) is 98.5 cm³/mol. The van der Waals surface area contributed by atoms with Gasteiger partial charge in [0.1, 0.15) is 0 Å². The summed E-state index contributed by atoms with van der Waals surface area (Å²) < 4.78 is 34.8. The highest BCUT2D eigenvalue weighted by Gasteiger charge is 2.17. The average Bonchev–Trinajstić information content (AvgIpc) is 2.97. The number of alkyl halides is 2. The van der Waals surface area contributed by atoms with Crippen molar-refractivity contribution in [1.29, 1.82) is 0 Å². The van der Waals surface area contributed by atoms with Crippen molar-refractivity contribution in [3.8, 4) is 11.5 Å². The summed E-state index contributed by atoms with van der Waals surface area (Å²) in [5, 5.41) is 0. The first-order valence-electron chi connectivity index (χ1n) is 8.41. The first-order valence-corrected chi connectivity index (χ1v) is 9.22. The number of hydrogen-bond acceptors (Lipinski definition) is 4. The zero-order valence-electron chi connectivity index (χ0n) is 15.3. The lowest BCUT2D eigenvalue weighted by molar-refractivity contribution is -0.0514. The van der Waals surface area contributed by atoms with Crippen molar-refractivity contribution in [1.82, 2.24) is 4.90 Å². The SMILES string of the molecule is CCOc1cc(CN(C)C(=O)c2cc(CC)c(C)s2)ccc1OC(F)F. The molecule has 142 valence electrons. The summed E-state index contributed by atoms with van der Waals surface area (Å²) >= 11 is 1.49. The molecule has 0 saturated carbocycles. The molecule has 0 unspecified atom stereocenters. The van der Waals surface area contributed by atoms with Gasteiger partial charge in [-0.15, -0.1) is 11.3 Å². The molecule has 0 spiro atoms. The molecule has 4 nitrogen and oxygen atoms in total. The predicted octanol–water partition coefficient (Wildman–Crippen LogP) is 4.89. The fourth-order valence-electron chi connectivity index (χ4n) is 2.62. The first-order chi connectivity index (χ1) is 12.3. The smallest absolute Gasteiger partial charge is 0.387 e. The summed E-state index contributed by atoms with van der Waals surface area (Å²) in [6.07, 6.45) is 0.892. The lowest BCUT2D eigenvalue weighted by Crippen LogP contribution is -2.25. The number of aryl methyl sites for hydroxylation is 2. The molecule has 0 saturated heterocycles. The number of rotatable bonds is 8. The minimum absolute atomic E-state index is 0.0129. The van der Waals surface area contributed by atoms with E-state index in [9.17, 15) is 13.6 Å². The number of hydrogen-bond donors (Lipinski definition) is 0. The topological polar surface area (TPSA) is 38.8 Å². The summed E-state index contributed by atoms with van der Waals surface area (Å²) in [7, 11) is 1.72. The van der Waals surface area contributed by atoms with Crippen LogP contribution in [-0.4, -0.2) is 31.1 Å². The molecule has 1 amide bonds. The van der Waals surface area contributed by atoms with Gasteiger partial charge in [0.05, 0.1) is 11.5 Å². The summed E-state index contributed by atoms with van der Waals surface area (Å²) in [5.41, 5.74) is 1.95. The Bertz CT molecular complexity index is 761. The van der Waals surface area contributed by atoms with Crippen LogP contribution >= 0.6 is 11.3 Å². The Labute approximate surface area is 156 Å². The lowest BCUT2D eigenvalue weighted by Gasteiger charge is -2.18. The van der Waals surface area contributed by atoms with Crippen molar-refractivity contribution in [3.63, 3.8) is 0 Å². The van der Waals surface area contributed by atoms with E-state index in [0.29, 0.717) is 18.0 Å². The molecular formula is C19H23F2NO3S. The van der Waals surface area contributed by atoms with Crippen LogP contribution in [0.3, 0.4) is 0 Å². The monoisotopic (exact) mass is 383 g/mol. The maximum Gasteiger partial charge on any atom is 0.387 e. The highest BCUT2D eigenvalue weighted by Crippen LogP contribution is 2.30. The molecule has 2 aromatic rings. The molecule has 0 radical (unpaired) electrons. The van der Waals surface area contributed by atoms with Gasteiger partial charge in [0, 0.05) is 18.5 Å². The molecule has 1 aromatic carbocycles. The van der Waals surface area contributed by atoms with Gasteiger partial charge in [0.2, 0.25) is 0 Å². The Morgan fingerprint density at radius 1 is 1.23 bits per heavy atom. The second-order valence-electron chi connectivity index (χ2n) is 5.80. The summed E-state index contributed by atoms with van der Waals surface area (Å²) in [6.45, 7) is 3.58. The van der Waals surface area contributed by atoms with Crippen molar-refractivity contribution in [3.05, 3.63) is 45.1 Å². The summed E-state index contributed by atoms with van der Waals surface area (Å²) in [5.74, 6) is 0.163. The molecule has 2 rings (SSSR count). The van der Waals surface area contributed by atoms with E-state index in [1.807, 2.05) is 13.0 Å². The number of amides is 1. The van der Waals surface area contributed by atoms with Gasteiger partial charge in [0.25, 0.3) is 5.91 Å². The number of carbonyl (C=O) groups excluding carboxylic acids is 1. The van der Waals surface area contributed by atoms with Crippen LogP contribution in [0, 0.1) is 6.92 Å². The molecule has 0 atom stereocenters. The van der Waals surface area contributed by atoms with Crippen molar-refractivity contribution < 1.29 is 23.0 Å². The van der Waals surface area contributed by atoms with Gasteiger partial charge in [0.15, 0.2) is 11.5 Å². The van der Waals surface area contributed by atoms with Crippen LogP contribution in [0.5, 0.6) is 11.5 Å². The van der Waals surface area contributed by atoms with Gasteiger partial charge in [-0.1, -0.05) is 13.0 Å². The Hall–Kier alpha value is -2.15. The molecule has 0 fully saturated rings. The second kappa shape index (κ2) is 8.98. The zero-order chi connectivity index (χ0) is 19.3. The number of nitrogens with zero attached hydrogens (tertiary/aromatic N) is 1. The molecule has 1 aromatic heterocycles. The van der Waals surface area contributed by atoms with E-state index in [1.54, 1.807) is 31.0 Å². The Kier molecular flexibility index (Phi) is 6.97. The highest BCUT2D eigenvalue weighted by atomic mass is 32.1. The largest absolute Gasteiger partial charge is 0.490 e. The van der Waals surface area contributed by atoms with E-state index in [1.165, 1.54) is 23.0 Å². The van der Waals surface area contributed by atoms with Crippen molar-refractivity contribution in [2.45, 2.75) is 40.3 Å². The van der Waals surface area contributed by atoms with Crippen molar-refractivity contribution in [2.75, 3.05) is 13.7 Å². The van der Waals surface area contributed by atoms with Crippen LogP contribution in [-0.2, 0) is 13.0 Å². The molecule has 0 bridgehead atoms. The molecule has 0 aliphatic rings. The fourth-order valence-corrected chi connectivity index (χ4v) is 3.73. The minimum Gasteiger partial charge on any atom is -0.490 e. The van der Waals surface area contributed by atoms with Crippen LogP contribution in [0.15, 0.2) is 24.3 Å². The van der Waals surface area contributed by atoms with Crippen molar-refractivity contribution in [2.24, 2.45) is 0 Å².